The number of halogens is 4. The lowest BCUT2D eigenvalue weighted by Gasteiger charge is -2.14. The first-order chi connectivity index (χ1) is 10.1. The van der Waals surface area contributed by atoms with Gasteiger partial charge in [-0.05, 0) is 24.6 Å². The number of sulfone groups is 1. The van der Waals surface area contributed by atoms with Gasteiger partial charge in [0, 0.05) is 18.8 Å². The normalized spacial score (nSPS) is 18.0. The smallest absolute Gasteiger partial charge is 0.352 e. The average Bonchev–Trinajstić information content (AvgIpc) is 2.80. The number of nitrogens with one attached hydrogen (secondary N) is 2. The van der Waals surface area contributed by atoms with E-state index in [1.807, 2.05) is 6.92 Å². The molecule has 1 atom stereocenters. The third kappa shape index (κ3) is 5.23. The van der Waals surface area contributed by atoms with Crippen LogP contribution < -0.4 is 10.6 Å². The lowest BCUT2D eigenvalue weighted by atomic mass is 10.1. The molecule has 5 nitrogen and oxygen atoms in total. The van der Waals surface area contributed by atoms with Gasteiger partial charge in [-0.3, -0.25) is 4.99 Å². The highest BCUT2D eigenvalue weighted by atomic mass is 127. The Kier molecular flexibility index (Phi) is 6.30. The third-order valence-corrected chi connectivity index (χ3v) is 4.27. The van der Waals surface area contributed by atoms with E-state index in [0.29, 0.717) is 18.1 Å². The molecule has 130 valence electrons. The van der Waals surface area contributed by atoms with Gasteiger partial charge in [0.1, 0.15) is 0 Å². The first-order valence-electron chi connectivity index (χ1n) is 6.52. The van der Waals surface area contributed by atoms with E-state index >= 15 is 0 Å². The zero-order valence-corrected chi connectivity index (χ0v) is 15.6. The zero-order valence-electron chi connectivity index (χ0n) is 12.4. The first kappa shape index (κ1) is 20.0. The molecule has 1 aromatic rings. The second kappa shape index (κ2) is 7.24. The van der Waals surface area contributed by atoms with E-state index in [4.69, 9.17) is 0 Å². The number of guanidine groups is 1. The Balaban J connectivity index is 0.00000264. The van der Waals surface area contributed by atoms with Gasteiger partial charge in [0.2, 0.25) is 0 Å². The van der Waals surface area contributed by atoms with Crippen molar-refractivity contribution in [1.29, 1.82) is 0 Å². The summed E-state index contributed by atoms with van der Waals surface area (Å²) in [5.41, 5.74) is -0.826. The van der Waals surface area contributed by atoms with Crippen molar-refractivity contribution in [2.75, 3.05) is 12.8 Å². The number of rotatable bonds is 3. The van der Waals surface area contributed by atoms with Gasteiger partial charge in [-0.1, -0.05) is 6.07 Å². The highest BCUT2D eigenvalue weighted by molar-refractivity contribution is 14.0. The number of aliphatic imine (C=N–C) groups is 1. The second-order valence-corrected chi connectivity index (χ2v) is 7.17. The van der Waals surface area contributed by atoms with E-state index in [1.54, 1.807) is 0 Å². The van der Waals surface area contributed by atoms with Crippen molar-refractivity contribution in [3.63, 3.8) is 0 Å². The summed E-state index contributed by atoms with van der Waals surface area (Å²) in [7, 11) is -3.95. The largest absolute Gasteiger partial charge is 0.417 e. The third-order valence-electron chi connectivity index (χ3n) is 3.12. The Morgan fingerprint density at radius 2 is 2.04 bits per heavy atom. The molecule has 10 heteroatoms. The van der Waals surface area contributed by atoms with Gasteiger partial charge >= 0.3 is 6.18 Å². The number of nitrogens with zero attached hydrogens (tertiary/aromatic N) is 1. The predicted molar refractivity (Wildman–Crippen MR) is 91.7 cm³/mol. The van der Waals surface area contributed by atoms with Crippen molar-refractivity contribution in [3.05, 3.63) is 29.3 Å². The van der Waals surface area contributed by atoms with Crippen molar-refractivity contribution in [2.24, 2.45) is 4.99 Å². The molecule has 2 rings (SSSR count). The lowest BCUT2D eigenvalue weighted by Crippen LogP contribution is -2.37. The topological polar surface area (TPSA) is 70.6 Å². The number of benzene rings is 1. The second-order valence-electron chi connectivity index (χ2n) is 5.19. The van der Waals surface area contributed by atoms with Crippen LogP contribution in [0, 0.1) is 0 Å². The highest BCUT2D eigenvalue weighted by Crippen LogP contribution is 2.34. The van der Waals surface area contributed by atoms with E-state index in [1.165, 1.54) is 6.07 Å². The molecule has 1 unspecified atom stereocenters. The maximum atomic E-state index is 13.0. The van der Waals surface area contributed by atoms with Crippen LogP contribution in [0.1, 0.15) is 18.1 Å². The Hall–Kier alpha value is -1.04. The Morgan fingerprint density at radius 1 is 1.39 bits per heavy atom. The predicted octanol–water partition coefficient (Wildman–Crippen LogP) is 2.16. The van der Waals surface area contributed by atoms with Crippen molar-refractivity contribution < 1.29 is 21.6 Å². The van der Waals surface area contributed by atoms with Crippen LogP contribution in [-0.4, -0.2) is 33.2 Å². The SMILES string of the molecule is CC1CN=C(NCc2ccc(S(C)(=O)=O)c(C(F)(F)F)c2)N1.I. The van der Waals surface area contributed by atoms with Crippen molar-refractivity contribution in [1.82, 2.24) is 10.6 Å². The summed E-state index contributed by atoms with van der Waals surface area (Å²) >= 11 is 0. The lowest BCUT2D eigenvalue weighted by molar-refractivity contribution is -0.139. The Bertz CT molecular complexity index is 705. The average molecular weight is 463 g/mol. The maximum Gasteiger partial charge on any atom is 0.417 e. The van der Waals surface area contributed by atoms with Crippen molar-refractivity contribution in [2.45, 2.75) is 30.6 Å². The molecule has 0 aromatic heterocycles. The summed E-state index contributed by atoms with van der Waals surface area (Å²) in [5.74, 6) is 0.522. The minimum absolute atomic E-state index is 0. The van der Waals surface area contributed by atoms with E-state index in [2.05, 4.69) is 15.6 Å². The van der Waals surface area contributed by atoms with Crippen LogP contribution in [0.2, 0.25) is 0 Å². The summed E-state index contributed by atoms with van der Waals surface area (Å²) in [6.45, 7) is 2.65. The summed E-state index contributed by atoms with van der Waals surface area (Å²) < 4.78 is 62.0. The van der Waals surface area contributed by atoms with Crippen LogP contribution in [0.3, 0.4) is 0 Å². The molecule has 0 bridgehead atoms. The fourth-order valence-electron chi connectivity index (χ4n) is 2.08. The van der Waals surface area contributed by atoms with Crippen LogP contribution in [0.15, 0.2) is 28.1 Å². The zero-order chi connectivity index (χ0) is 16.5. The summed E-state index contributed by atoms with van der Waals surface area (Å²) in [4.78, 5) is 3.42. The minimum Gasteiger partial charge on any atom is -0.352 e. The number of hydrogen-bond acceptors (Lipinski definition) is 5. The van der Waals surface area contributed by atoms with E-state index in [9.17, 15) is 21.6 Å². The first-order valence-corrected chi connectivity index (χ1v) is 8.41. The molecule has 1 aliphatic heterocycles. The van der Waals surface area contributed by atoms with Gasteiger partial charge in [-0.25, -0.2) is 8.42 Å². The van der Waals surface area contributed by atoms with E-state index in [0.717, 1.165) is 18.4 Å². The van der Waals surface area contributed by atoms with Crippen LogP contribution in [0.4, 0.5) is 13.2 Å². The van der Waals surface area contributed by atoms with Gasteiger partial charge < -0.3 is 10.6 Å². The number of alkyl halides is 3. The molecule has 0 saturated heterocycles. The standard InChI is InChI=1S/C13H16F3N3O2S.HI/c1-8-6-17-12(19-8)18-7-9-3-4-11(22(2,20)21)10(5-9)13(14,15)16;/h3-5,8H,6-7H2,1-2H3,(H2,17,18,19);1H. The summed E-state index contributed by atoms with van der Waals surface area (Å²) in [5, 5.41) is 5.91. The molecule has 2 N–H and O–H groups in total. The monoisotopic (exact) mass is 463 g/mol. The molecule has 0 aliphatic carbocycles. The Labute approximate surface area is 149 Å². The molecule has 0 spiro atoms. The van der Waals surface area contributed by atoms with Crippen LogP contribution >= 0.6 is 24.0 Å². The van der Waals surface area contributed by atoms with Gasteiger partial charge in [0.15, 0.2) is 15.8 Å². The fraction of sp³-hybridized carbons (Fsp3) is 0.462. The molecule has 1 aliphatic rings. The van der Waals surface area contributed by atoms with Crippen LogP contribution in [0.5, 0.6) is 0 Å². The highest BCUT2D eigenvalue weighted by Gasteiger charge is 2.36. The summed E-state index contributed by atoms with van der Waals surface area (Å²) in [6, 6.07) is 3.38. The molecule has 1 aromatic carbocycles. The van der Waals surface area contributed by atoms with Gasteiger partial charge in [-0.2, -0.15) is 13.2 Å². The molecule has 0 radical (unpaired) electrons. The van der Waals surface area contributed by atoms with Crippen molar-refractivity contribution >= 4 is 39.8 Å². The van der Waals surface area contributed by atoms with Gasteiger partial charge in [0.25, 0.3) is 0 Å². The van der Waals surface area contributed by atoms with Gasteiger partial charge in [-0.15, -0.1) is 24.0 Å². The molecule has 1 heterocycles. The fourth-order valence-corrected chi connectivity index (χ4v) is 2.97. The van der Waals surface area contributed by atoms with E-state index in [-0.39, 0.29) is 36.6 Å². The molecular weight excluding hydrogens is 446 g/mol. The van der Waals surface area contributed by atoms with Crippen molar-refractivity contribution in [3.8, 4) is 0 Å². The molecule has 0 fully saturated rings. The molecule has 0 amide bonds. The molecule has 23 heavy (non-hydrogen) atoms. The van der Waals surface area contributed by atoms with E-state index < -0.39 is 26.5 Å². The maximum absolute atomic E-state index is 13.0. The minimum atomic E-state index is -4.73. The quantitative estimate of drug-likeness (QED) is 0.675. The molecule has 0 saturated carbocycles. The Morgan fingerprint density at radius 3 is 2.52 bits per heavy atom. The number of hydrogen-bond donors (Lipinski definition) is 2. The molecular formula is C13H17F3IN3O2S. The van der Waals surface area contributed by atoms with Crippen LogP contribution in [-0.2, 0) is 22.6 Å². The van der Waals surface area contributed by atoms with Crippen LogP contribution in [0.25, 0.3) is 0 Å². The van der Waals surface area contributed by atoms with Gasteiger partial charge in [0.05, 0.1) is 17.0 Å². The summed E-state index contributed by atoms with van der Waals surface area (Å²) in [6.07, 6.45) is -3.97.